The number of aromatic nitrogens is 2. The van der Waals surface area contributed by atoms with E-state index >= 15 is 4.57 Å². The first kappa shape index (κ1) is 33.8. The number of para-hydroxylation sites is 2. The Balaban J connectivity index is 1.17. The van der Waals surface area contributed by atoms with Crippen LogP contribution in [-0.4, -0.2) is 9.97 Å². The third-order valence-electron chi connectivity index (χ3n) is 12.2. The topological polar surface area (TPSA) is 65.2 Å². The summed E-state index contributed by atoms with van der Waals surface area (Å²) in [5, 5.41) is 4.36. The van der Waals surface area contributed by atoms with E-state index in [1.807, 2.05) is 85.2 Å². The van der Waals surface area contributed by atoms with Crippen molar-refractivity contribution < 1.29 is 13.7 Å². The number of fused-ring (bicyclic) bond motifs is 11. The van der Waals surface area contributed by atoms with Gasteiger partial charge in [0.05, 0.1) is 5.41 Å². The predicted octanol–water partition coefficient (Wildman–Crippen LogP) is 11.8. The van der Waals surface area contributed by atoms with Gasteiger partial charge in [-0.1, -0.05) is 115 Å². The van der Waals surface area contributed by atoms with Gasteiger partial charge in [-0.15, -0.1) is 0 Å². The number of rotatable bonds is 4. The Bertz CT molecular complexity index is 3290. The fraction of sp³-hybridized carbons (Fsp3) is 0.0189. The van der Waals surface area contributed by atoms with Crippen LogP contribution >= 0.6 is 7.14 Å². The monoisotopic (exact) mass is 776 g/mol. The molecule has 5 nitrogen and oxygen atoms in total. The molecule has 2 aliphatic rings. The molecule has 0 saturated carbocycles. The highest BCUT2D eigenvalue weighted by molar-refractivity contribution is 7.85. The maximum Gasteiger partial charge on any atom is 0.171 e. The molecule has 278 valence electrons. The Hall–Kier alpha value is -7.33. The number of furan rings is 1. The quantitative estimate of drug-likeness (QED) is 0.167. The van der Waals surface area contributed by atoms with E-state index < -0.39 is 12.6 Å². The standard InChI is InChI=1S/C53H33N2O3P/c56-59(40-14-2-1-3-15-40)51-21-9-6-18-45(51)53(46-30-42-41-16-4-7-19-47(41)57-49(42)31-52(46)59)43-17-5-8-20-48(43)58-50-29-34(22-23-44(50)53)37-26-38(35-12-10-24-54-32-35)28-39(27-37)36-13-11-25-55-33-36/h1-33H. The molecule has 10 aromatic rings. The zero-order valence-corrected chi connectivity index (χ0v) is 32.5. The maximum atomic E-state index is 16.4. The third-order valence-corrected chi connectivity index (χ3v) is 15.3. The van der Waals surface area contributed by atoms with Gasteiger partial charge >= 0.3 is 0 Å². The molecule has 2 unspecified atom stereocenters. The minimum atomic E-state index is -3.45. The lowest BCUT2D eigenvalue weighted by Gasteiger charge is -2.47. The Kier molecular flexibility index (Phi) is 7.35. The molecule has 0 fully saturated rings. The second-order valence-corrected chi connectivity index (χ2v) is 18.0. The fourth-order valence-corrected chi connectivity index (χ4v) is 12.7. The van der Waals surface area contributed by atoms with Crippen LogP contribution in [0.4, 0.5) is 0 Å². The van der Waals surface area contributed by atoms with Gasteiger partial charge in [0.1, 0.15) is 22.7 Å². The number of pyridine rings is 2. The van der Waals surface area contributed by atoms with Crippen molar-refractivity contribution in [2.24, 2.45) is 0 Å². The lowest BCUT2D eigenvalue weighted by atomic mass is 9.63. The summed E-state index contributed by atoms with van der Waals surface area (Å²) in [6.07, 6.45) is 7.39. The van der Waals surface area contributed by atoms with Gasteiger partial charge in [-0.05, 0) is 94.0 Å². The molecule has 5 heterocycles. The SMILES string of the molecule is O=P1(c2ccccc2)c2ccccc2C2(c3ccccc3Oc3cc(-c4cc(-c5cccnc5)cc(-c5cccnc5)c4)ccc32)c2cc3c(cc21)oc1ccccc13. The van der Waals surface area contributed by atoms with Crippen LogP contribution < -0.4 is 20.7 Å². The summed E-state index contributed by atoms with van der Waals surface area (Å²) in [5.41, 5.74) is 10.7. The zero-order valence-electron chi connectivity index (χ0n) is 31.6. The Morgan fingerprint density at radius 1 is 0.424 bits per heavy atom. The van der Waals surface area contributed by atoms with Crippen molar-refractivity contribution in [1.82, 2.24) is 9.97 Å². The van der Waals surface area contributed by atoms with Gasteiger partial charge in [-0.25, -0.2) is 0 Å². The van der Waals surface area contributed by atoms with E-state index in [4.69, 9.17) is 9.15 Å². The minimum absolute atomic E-state index is 0.712. The van der Waals surface area contributed by atoms with Gasteiger partial charge in [-0.3, -0.25) is 9.97 Å². The first-order chi connectivity index (χ1) is 29.1. The molecule has 7 aromatic carbocycles. The molecule has 12 rings (SSSR count). The predicted molar refractivity (Wildman–Crippen MR) is 237 cm³/mol. The van der Waals surface area contributed by atoms with E-state index in [0.717, 1.165) is 99.4 Å². The highest BCUT2D eigenvalue weighted by atomic mass is 31.2. The van der Waals surface area contributed by atoms with E-state index in [1.165, 1.54) is 0 Å². The van der Waals surface area contributed by atoms with Gasteiger partial charge in [0, 0.05) is 73.7 Å². The summed E-state index contributed by atoms with van der Waals surface area (Å²) < 4.78 is 30.0. The number of ether oxygens (including phenoxy) is 1. The van der Waals surface area contributed by atoms with Crippen LogP contribution in [0.2, 0.25) is 0 Å². The van der Waals surface area contributed by atoms with E-state index in [9.17, 15) is 0 Å². The van der Waals surface area contributed by atoms with E-state index in [1.54, 1.807) is 12.4 Å². The molecule has 2 atom stereocenters. The Morgan fingerprint density at radius 3 is 1.81 bits per heavy atom. The molecule has 0 aliphatic carbocycles. The van der Waals surface area contributed by atoms with E-state index in [0.29, 0.717) is 5.58 Å². The lowest BCUT2D eigenvalue weighted by Crippen LogP contribution is -2.47. The molecule has 0 bridgehead atoms. The smallest absolute Gasteiger partial charge is 0.171 e. The van der Waals surface area contributed by atoms with Crippen molar-refractivity contribution in [3.8, 4) is 44.9 Å². The zero-order chi connectivity index (χ0) is 39.1. The molecule has 0 N–H and O–H groups in total. The highest BCUT2D eigenvalue weighted by Crippen LogP contribution is 2.62. The lowest BCUT2D eigenvalue weighted by molar-refractivity contribution is 0.435. The Labute approximate surface area is 340 Å². The maximum absolute atomic E-state index is 16.4. The third kappa shape index (κ3) is 4.89. The molecular weight excluding hydrogens is 744 g/mol. The van der Waals surface area contributed by atoms with Crippen molar-refractivity contribution in [3.05, 3.63) is 223 Å². The summed E-state index contributed by atoms with van der Waals surface area (Å²) in [6, 6.07) is 60.3. The molecule has 0 saturated heterocycles. The Morgan fingerprint density at radius 2 is 1.07 bits per heavy atom. The van der Waals surface area contributed by atoms with E-state index in [2.05, 4.69) is 113 Å². The molecule has 0 amide bonds. The van der Waals surface area contributed by atoms with Gasteiger partial charge in [-0.2, -0.15) is 0 Å². The van der Waals surface area contributed by atoms with Crippen LogP contribution in [0.25, 0.3) is 55.3 Å². The van der Waals surface area contributed by atoms with Gasteiger partial charge in [0.15, 0.2) is 7.14 Å². The van der Waals surface area contributed by atoms with Crippen LogP contribution in [0.3, 0.4) is 0 Å². The van der Waals surface area contributed by atoms with Crippen LogP contribution in [0.1, 0.15) is 22.3 Å². The molecule has 59 heavy (non-hydrogen) atoms. The van der Waals surface area contributed by atoms with E-state index in [-0.39, 0.29) is 0 Å². The van der Waals surface area contributed by atoms with Crippen molar-refractivity contribution in [3.63, 3.8) is 0 Å². The number of hydrogen-bond acceptors (Lipinski definition) is 5. The second kappa shape index (κ2) is 12.8. The molecule has 6 heteroatoms. The van der Waals surface area contributed by atoms with Gasteiger partial charge in [0.25, 0.3) is 0 Å². The van der Waals surface area contributed by atoms with Gasteiger partial charge < -0.3 is 13.7 Å². The molecular formula is C53H33N2O3P. The first-order valence-electron chi connectivity index (χ1n) is 19.7. The summed E-state index contributed by atoms with van der Waals surface area (Å²) in [6.45, 7) is 0. The van der Waals surface area contributed by atoms with Crippen LogP contribution in [-0.2, 0) is 9.98 Å². The fourth-order valence-electron chi connectivity index (χ4n) is 9.58. The number of hydrogen-bond donors (Lipinski definition) is 0. The largest absolute Gasteiger partial charge is 0.457 e. The van der Waals surface area contributed by atoms with Crippen molar-refractivity contribution in [1.29, 1.82) is 0 Å². The molecule has 3 aromatic heterocycles. The summed E-state index contributed by atoms with van der Waals surface area (Å²) >= 11 is 0. The highest BCUT2D eigenvalue weighted by Gasteiger charge is 2.55. The molecule has 0 radical (unpaired) electrons. The summed E-state index contributed by atoms with van der Waals surface area (Å²) in [7, 11) is -3.45. The van der Waals surface area contributed by atoms with Crippen LogP contribution in [0.15, 0.2) is 205 Å². The van der Waals surface area contributed by atoms with Crippen molar-refractivity contribution >= 4 is 45.0 Å². The van der Waals surface area contributed by atoms with Crippen molar-refractivity contribution in [2.75, 3.05) is 0 Å². The minimum Gasteiger partial charge on any atom is -0.457 e. The molecule has 2 aliphatic heterocycles. The number of nitrogens with zero attached hydrogens (tertiary/aromatic N) is 2. The first-order valence-corrected chi connectivity index (χ1v) is 21.4. The second-order valence-electron chi connectivity index (χ2n) is 15.3. The summed E-state index contributed by atoms with van der Waals surface area (Å²) in [5.74, 6) is 1.50. The average Bonchev–Trinajstić information content (AvgIpc) is 3.68. The van der Waals surface area contributed by atoms with Crippen LogP contribution in [0, 0.1) is 0 Å². The van der Waals surface area contributed by atoms with Gasteiger partial charge in [0.2, 0.25) is 0 Å². The van der Waals surface area contributed by atoms with Crippen LogP contribution in [0.5, 0.6) is 11.5 Å². The summed E-state index contributed by atoms with van der Waals surface area (Å²) in [4.78, 5) is 8.87. The normalized spacial score (nSPS) is 17.5. The molecule has 1 spiro atoms. The number of benzene rings is 7. The van der Waals surface area contributed by atoms with Crippen molar-refractivity contribution in [2.45, 2.75) is 5.41 Å². The average molecular weight is 777 g/mol.